The minimum absolute atomic E-state index is 0.115. The molecule has 0 saturated carbocycles. The standard InChI is InChI=1S/C24H30F3NO/c1-16(2)15-18(4)20-11-8-14-28(20)23-17(3)12-13-21(22(23)24(25,26)27)29-19-9-6-5-7-10-19/h5-7,9-10,12-13,16,18,20H,8,11,14-15H2,1-4H3/t18?,20-/m1/s1. The zero-order valence-electron chi connectivity index (χ0n) is 17.6. The Hall–Kier alpha value is -2.17. The summed E-state index contributed by atoms with van der Waals surface area (Å²) in [6.45, 7) is 8.90. The second-order valence-electron chi connectivity index (χ2n) is 8.53. The molecule has 3 rings (SSSR count). The Labute approximate surface area is 171 Å². The summed E-state index contributed by atoms with van der Waals surface area (Å²) in [5.74, 6) is 1.12. The molecule has 29 heavy (non-hydrogen) atoms. The highest BCUT2D eigenvalue weighted by Crippen LogP contribution is 2.48. The molecule has 5 heteroatoms. The van der Waals surface area contributed by atoms with Crippen LogP contribution in [0.2, 0.25) is 0 Å². The van der Waals surface area contributed by atoms with Gasteiger partial charge >= 0.3 is 6.18 Å². The first-order chi connectivity index (χ1) is 13.7. The lowest BCUT2D eigenvalue weighted by atomic mass is 9.90. The van der Waals surface area contributed by atoms with Crippen LogP contribution in [0.1, 0.15) is 51.2 Å². The zero-order chi connectivity index (χ0) is 21.2. The Bertz CT molecular complexity index is 817. The first kappa shape index (κ1) is 21.5. The van der Waals surface area contributed by atoms with Gasteiger partial charge in [-0.1, -0.05) is 45.0 Å². The zero-order valence-corrected chi connectivity index (χ0v) is 17.6. The quantitative estimate of drug-likeness (QED) is 0.495. The van der Waals surface area contributed by atoms with Crippen molar-refractivity contribution in [2.24, 2.45) is 11.8 Å². The van der Waals surface area contributed by atoms with Gasteiger partial charge in [0.1, 0.15) is 17.1 Å². The van der Waals surface area contributed by atoms with Crippen LogP contribution in [0, 0.1) is 18.8 Å². The Kier molecular flexibility index (Phi) is 6.45. The van der Waals surface area contributed by atoms with Gasteiger partial charge in [-0.2, -0.15) is 13.2 Å². The highest BCUT2D eigenvalue weighted by Gasteiger charge is 2.42. The van der Waals surface area contributed by atoms with Crippen LogP contribution in [0.4, 0.5) is 18.9 Å². The number of anilines is 1. The van der Waals surface area contributed by atoms with Gasteiger partial charge in [0.15, 0.2) is 0 Å². The topological polar surface area (TPSA) is 12.5 Å². The summed E-state index contributed by atoms with van der Waals surface area (Å²) in [4.78, 5) is 1.99. The maximum Gasteiger partial charge on any atom is 0.422 e. The fraction of sp³-hybridized carbons (Fsp3) is 0.500. The van der Waals surface area contributed by atoms with Gasteiger partial charge in [0.2, 0.25) is 0 Å². The van der Waals surface area contributed by atoms with Crippen LogP contribution in [0.5, 0.6) is 11.5 Å². The second-order valence-corrected chi connectivity index (χ2v) is 8.53. The maximum atomic E-state index is 14.3. The van der Waals surface area contributed by atoms with E-state index in [-0.39, 0.29) is 17.5 Å². The number of aryl methyl sites for hydroxylation is 1. The van der Waals surface area contributed by atoms with Crippen molar-refractivity contribution >= 4 is 5.69 Å². The molecule has 1 aliphatic rings. The first-order valence-electron chi connectivity index (χ1n) is 10.4. The first-order valence-corrected chi connectivity index (χ1v) is 10.4. The Morgan fingerprint density at radius 1 is 1.07 bits per heavy atom. The number of hydrogen-bond donors (Lipinski definition) is 0. The SMILES string of the molecule is Cc1ccc(Oc2ccccc2)c(C(F)(F)F)c1N1CCC[C@@H]1C(C)CC(C)C. The molecule has 1 heterocycles. The van der Waals surface area contributed by atoms with E-state index in [2.05, 4.69) is 20.8 Å². The maximum absolute atomic E-state index is 14.3. The van der Waals surface area contributed by atoms with Crippen molar-refractivity contribution in [1.29, 1.82) is 0 Å². The molecule has 0 bridgehead atoms. The number of para-hydroxylation sites is 1. The number of halogens is 3. The molecule has 0 N–H and O–H groups in total. The summed E-state index contributed by atoms with van der Waals surface area (Å²) in [6.07, 6.45) is -1.66. The van der Waals surface area contributed by atoms with Crippen LogP contribution in [0.25, 0.3) is 0 Å². The molecule has 0 aliphatic carbocycles. The predicted molar refractivity (Wildman–Crippen MR) is 112 cm³/mol. The van der Waals surface area contributed by atoms with Gasteiger partial charge in [-0.05, 0) is 61.8 Å². The number of benzene rings is 2. The number of alkyl halides is 3. The van der Waals surface area contributed by atoms with Gasteiger partial charge in [-0.15, -0.1) is 0 Å². The summed E-state index contributed by atoms with van der Waals surface area (Å²) in [5, 5.41) is 0. The van der Waals surface area contributed by atoms with Gasteiger partial charge in [0, 0.05) is 12.6 Å². The molecule has 2 atom stereocenters. The van der Waals surface area contributed by atoms with E-state index in [1.165, 1.54) is 6.07 Å². The molecule has 1 unspecified atom stereocenters. The number of nitrogens with zero attached hydrogens (tertiary/aromatic N) is 1. The molecule has 1 fully saturated rings. The van der Waals surface area contributed by atoms with E-state index in [0.717, 1.165) is 19.3 Å². The third kappa shape index (κ3) is 4.88. The molecule has 0 radical (unpaired) electrons. The van der Waals surface area contributed by atoms with E-state index in [1.807, 2.05) is 11.0 Å². The molecule has 2 aromatic rings. The minimum atomic E-state index is -4.50. The van der Waals surface area contributed by atoms with Gasteiger partial charge in [0.05, 0.1) is 5.69 Å². The van der Waals surface area contributed by atoms with Gasteiger partial charge in [-0.3, -0.25) is 0 Å². The summed E-state index contributed by atoms with van der Waals surface area (Å²) in [6, 6.07) is 11.9. The third-order valence-corrected chi connectivity index (χ3v) is 5.68. The van der Waals surface area contributed by atoms with E-state index >= 15 is 0 Å². The van der Waals surface area contributed by atoms with E-state index in [1.54, 1.807) is 37.3 Å². The van der Waals surface area contributed by atoms with Crippen molar-refractivity contribution in [3.8, 4) is 11.5 Å². The van der Waals surface area contributed by atoms with Crippen molar-refractivity contribution in [3.63, 3.8) is 0 Å². The van der Waals surface area contributed by atoms with Gasteiger partial charge in [-0.25, -0.2) is 0 Å². The number of rotatable bonds is 6. The normalized spacial score (nSPS) is 18.3. The molecule has 2 nitrogen and oxygen atoms in total. The average molecular weight is 406 g/mol. The van der Waals surface area contributed by atoms with E-state index in [0.29, 0.717) is 29.7 Å². The molecular formula is C24H30F3NO. The minimum Gasteiger partial charge on any atom is -0.457 e. The molecular weight excluding hydrogens is 375 g/mol. The summed E-state index contributed by atoms with van der Waals surface area (Å²) in [5.41, 5.74) is 0.260. The van der Waals surface area contributed by atoms with Gasteiger partial charge < -0.3 is 9.64 Å². The van der Waals surface area contributed by atoms with Gasteiger partial charge in [0.25, 0.3) is 0 Å². The fourth-order valence-electron chi connectivity index (χ4n) is 4.58. The molecule has 1 aliphatic heterocycles. The van der Waals surface area contributed by atoms with E-state index < -0.39 is 11.7 Å². The number of hydrogen-bond acceptors (Lipinski definition) is 2. The fourth-order valence-corrected chi connectivity index (χ4v) is 4.58. The highest BCUT2D eigenvalue weighted by molar-refractivity contribution is 5.67. The van der Waals surface area contributed by atoms with Crippen molar-refractivity contribution in [2.75, 3.05) is 11.4 Å². The lowest BCUT2D eigenvalue weighted by molar-refractivity contribution is -0.138. The molecule has 1 saturated heterocycles. The molecule has 158 valence electrons. The lowest BCUT2D eigenvalue weighted by Crippen LogP contribution is -2.37. The average Bonchev–Trinajstić information content (AvgIpc) is 3.12. The molecule has 0 aromatic heterocycles. The second kappa shape index (κ2) is 8.68. The van der Waals surface area contributed by atoms with Crippen molar-refractivity contribution in [2.45, 2.75) is 59.2 Å². The largest absolute Gasteiger partial charge is 0.457 e. The third-order valence-electron chi connectivity index (χ3n) is 5.68. The van der Waals surface area contributed by atoms with Crippen LogP contribution in [0.3, 0.4) is 0 Å². The van der Waals surface area contributed by atoms with Crippen LogP contribution >= 0.6 is 0 Å². The Balaban J connectivity index is 2.06. The van der Waals surface area contributed by atoms with Crippen LogP contribution < -0.4 is 9.64 Å². The van der Waals surface area contributed by atoms with Crippen molar-refractivity contribution in [3.05, 3.63) is 53.6 Å². The summed E-state index contributed by atoms with van der Waals surface area (Å²) < 4.78 is 48.5. The Morgan fingerprint density at radius 3 is 2.38 bits per heavy atom. The van der Waals surface area contributed by atoms with Crippen molar-refractivity contribution in [1.82, 2.24) is 0 Å². The van der Waals surface area contributed by atoms with Crippen molar-refractivity contribution < 1.29 is 17.9 Å². The predicted octanol–water partition coefficient (Wildman–Crippen LogP) is 7.46. The van der Waals surface area contributed by atoms with E-state index in [9.17, 15) is 13.2 Å². The molecule has 2 aromatic carbocycles. The highest BCUT2D eigenvalue weighted by atomic mass is 19.4. The van der Waals surface area contributed by atoms with E-state index in [4.69, 9.17) is 4.74 Å². The monoisotopic (exact) mass is 405 g/mol. The van der Waals surface area contributed by atoms with Crippen LogP contribution in [0.15, 0.2) is 42.5 Å². The summed E-state index contributed by atoms with van der Waals surface area (Å²) >= 11 is 0. The lowest BCUT2D eigenvalue weighted by Gasteiger charge is -2.35. The van der Waals surface area contributed by atoms with Crippen LogP contribution in [-0.2, 0) is 6.18 Å². The molecule has 0 spiro atoms. The smallest absolute Gasteiger partial charge is 0.422 e. The Morgan fingerprint density at radius 2 is 1.76 bits per heavy atom. The number of ether oxygens (including phenoxy) is 1. The summed E-state index contributed by atoms with van der Waals surface area (Å²) in [7, 11) is 0. The van der Waals surface area contributed by atoms with Crippen LogP contribution in [-0.4, -0.2) is 12.6 Å². The molecule has 0 amide bonds.